The first kappa shape index (κ1) is 18.5. The molecule has 0 aromatic carbocycles. The van der Waals surface area contributed by atoms with E-state index in [1.807, 2.05) is 53.9 Å². The molecule has 0 aliphatic carbocycles. The molecule has 2 aromatic rings. The van der Waals surface area contributed by atoms with Gasteiger partial charge in [0.1, 0.15) is 10.3 Å². The molecule has 0 unspecified atom stereocenters. The maximum absolute atomic E-state index is 13.6. The van der Waals surface area contributed by atoms with Gasteiger partial charge in [-0.1, -0.05) is 0 Å². The van der Waals surface area contributed by atoms with Gasteiger partial charge in [-0.15, -0.1) is 11.8 Å². The molecule has 0 saturated carbocycles. The molecular weight excluding hydrogens is 333 g/mol. The van der Waals surface area contributed by atoms with Gasteiger partial charge >= 0.3 is 7.60 Å². The summed E-state index contributed by atoms with van der Waals surface area (Å²) in [6.45, 7) is 11.2. The van der Waals surface area contributed by atoms with Crippen LogP contribution in [0.5, 0.6) is 0 Å². The SMILES string of the molecule is CSc1nn2c(C)cc(C)nc2c1P(=O)(OC(C)C)OC(C)C. The van der Waals surface area contributed by atoms with Gasteiger partial charge in [0.2, 0.25) is 0 Å². The summed E-state index contributed by atoms with van der Waals surface area (Å²) in [4.78, 5) is 4.54. The van der Waals surface area contributed by atoms with Crippen molar-refractivity contribution in [1.29, 1.82) is 0 Å². The molecule has 0 saturated heterocycles. The van der Waals surface area contributed by atoms with E-state index in [9.17, 15) is 4.57 Å². The van der Waals surface area contributed by atoms with Crippen LogP contribution in [-0.4, -0.2) is 33.1 Å². The van der Waals surface area contributed by atoms with E-state index in [2.05, 4.69) is 10.1 Å². The Bertz CT molecular complexity index is 744. The Morgan fingerprint density at radius 2 is 1.74 bits per heavy atom. The van der Waals surface area contributed by atoms with Crippen LogP contribution < -0.4 is 5.30 Å². The summed E-state index contributed by atoms with van der Waals surface area (Å²) in [5, 5.41) is 5.62. The fourth-order valence-corrected chi connectivity index (χ4v) is 5.45. The number of fused-ring (bicyclic) bond motifs is 1. The average molecular weight is 357 g/mol. The number of rotatable bonds is 6. The lowest BCUT2D eigenvalue weighted by Gasteiger charge is -2.22. The van der Waals surface area contributed by atoms with Crippen LogP contribution >= 0.6 is 19.4 Å². The Hall–Kier alpha value is -0.880. The fourth-order valence-electron chi connectivity index (χ4n) is 2.35. The maximum atomic E-state index is 13.6. The van der Waals surface area contributed by atoms with Crippen LogP contribution in [0.3, 0.4) is 0 Å². The number of aryl methyl sites for hydroxylation is 2. The number of nitrogens with zero attached hydrogens (tertiary/aromatic N) is 3. The van der Waals surface area contributed by atoms with Crippen LogP contribution in [0.15, 0.2) is 11.1 Å². The van der Waals surface area contributed by atoms with E-state index in [0.717, 1.165) is 11.4 Å². The highest BCUT2D eigenvalue weighted by Gasteiger charge is 2.38. The van der Waals surface area contributed by atoms with Crippen molar-refractivity contribution in [2.45, 2.75) is 58.8 Å². The van der Waals surface area contributed by atoms with Crippen molar-refractivity contribution < 1.29 is 13.6 Å². The fraction of sp³-hybridized carbons (Fsp3) is 0.600. The Morgan fingerprint density at radius 3 is 2.22 bits per heavy atom. The Balaban J connectivity index is 2.78. The highest BCUT2D eigenvalue weighted by Crippen LogP contribution is 2.52. The molecular formula is C15H24N3O3PS. The van der Waals surface area contributed by atoms with E-state index < -0.39 is 7.60 Å². The van der Waals surface area contributed by atoms with Crippen LogP contribution in [0.4, 0.5) is 0 Å². The van der Waals surface area contributed by atoms with Crippen molar-refractivity contribution in [1.82, 2.24) is 14.6 Å². The minimum atomic E-state index is -3.54. The topological polar surface area (TPSA) is 65.7 Å². The first-order valence-electron chi connectivity index (χ1n) is 7.56. The maximum Gasteiger partial charge on any atom is 0.368 e. The van der Waals surface area contributed by atoms with Gasteiger partial charge in [0.25, 0.3) is 0 Å². The summed E-state index contributed by atoms with van der Waals surface area (Å²) >= 11 is 1.41. The quantitative estimate of drug-likeness (QED) is 0.580. The van der Waals surface area contributed by atoms with E-state index in [-0.39, 0.29) is 12.2 Å². The van der Waals surface area contributed by atoms with Crippen LogP contribution in [0.25, 0.3) is 5.65 Å². The molecule has 0 aliphatic heterocycles. The second kappa shape index (κ2) is 6.93. The van der Waals surface area contributed by atoms with Crippen molar-refractivity contribution in [3.8, 4) is 0 Å². The zero-order valence-electron chi connectivity index (χ0n) is 14.7. The van der Waals surface area contributed by atoms with Gasteiger partial charge in [0, 0.05) is 11.4 Å². The summed E-state index contributed by atoms with van der Waals surface area (Å²) in [6, 6.07) is 1.94. The lowest BCUT2D eigenvalue weighted by Crippen LogP contribution is -2.19. The van der Waals surface area contributed by atoms with Crippen LogP contribution in [0.1, 0.15) is 39.1 Å². The predicted molar refractivity (Wildman–Crippen MR) is 93.9 cm³/mol. The van der Waals surface area contributed by atoms with Crippen LogP contribution in [0.2, 0.25) is 0 Å². The molecule has 0 spiro atoms. The van der Waals surface area contributed by atoms with E-state index in [1.54, 1.807) is 4.52 Å². The molecule has 128 valence electrons. The third kappa shape index (κ3) is 3.79. The Labute approximate surface area is 141 Å². The molecule has 2 heterocycles. The first-order chi connectivity index (χ1) is 10.7. The van der Waals surface area contributed by atoms with Crippen molar-refractivity contribution in [2.24, 2.45) is 0 Å². The molecule has 0 atom stereocenters. The third-order valence-electron chi connectivity index (χ3n) is 3.01. The highest BCUT2D eigenvalue weighted by molar-refractivity contribution is 7.99. The van der Waals surface area contributed by atoms with Gasteiger partial charge in [-0.3, -0.25) is 4.57 Å². The largest absolute Gasteiger partial charge is 0.368 e. The molecule has 0 aliphatic rings. The van der Waals surface area contributed by atoms with E-state index in [0.29, 0.717) is 16.0 Å². The summed E-state index contributed by atoms with van der Waals surface area (Å²) in [6.07, 6.45) is 1.41. The van der Waals surface area contributed by atoms with Gasteiger partial charge in [-0.05, 0) is 53.9 Å². The number of aromatic nitrogens is 3. The van der Waals surface area contributed by atoms with E-state index in [4.69, 9.17) is 9.05 Å². The molecule has 0 amide bonds. The van der Waals surface area contributed by atoms with Crippen molar-refractivity contribution in [3.05, 3.63) is 17.5 Å². The van der Waals surface area contributed by atoms with Gasteiger partial charge < -0.3 is 9.05 Å². The summed E-state index contributed by atoms with van der Waals surface area (Å²) in [5.74, 6) is 0. The number of hydrogen-bond donors (Lipinski definition) is 0. The molecule has 0 radical (unpaired) electrons. The van der Waals surface area contributed by atoms with Crippen molar-refractivity contribution in [3.63, 3.8) is 0 Å². The van der Waals surface area contributed by atoms with Crippen LogP contribution in [-0.2, 0) is 13.6 Å². The minimum absolute atomic E-state index is 0.241. The molecule has 0 fully saturated rings. The average Bonchev–Trinajstić information content (AvgIpc) is 2.75. The van der Waals surface area contributed by atoms with E-state index in [1.165, 1.54) is 11.8 Å². The molecule has 23 heavy (non-hydrogen) atoms. The van der Waals surface area contributed by atoms with E-state index >= 15 is 0 Å². The zero-order valence-corrected chi connectivity index (χ0v) is 16.4. The zero-order chi connectivity index (χ0) is 17.4. The van der Waals surface area contributed by atoms with Gasteiger partial charge in [-0.2, -0.15) is 5.10 Å². The molecule has 8 heteroatoms. The van der Waals surface area contributed by atoms with Gasteiger partial charge in [0.05, 0.1) is 12.2 Å². The molecule has 2 rings (SSSR count). The molecule has 6 nitrogen and oxygen atoms in total. The Kier molecular flexibility index (Phi) is 5.56. The molecule has 2 aromatic heterocycles. The van der Waals surface area contributed by atoms with Gasteiger partial charge in [-0.25, -0.2) is 9.50 Å². The first-order valence-corrected chi connectivity index (χ1v) is 10.3. The predicted octanol–water partition coefficient (Wildman–Crippen LogP) is 3.74. The standard InChI is InChI=1S/C15H24N3O3PS/c1-9(2)20-22(19,21-10(3)4)13-14-16-11(5)8-12(6)18(14)17-15(13)23-7/h8-10H,1-7H3. The van der Waals surface area contributed by atoms with Crippen molar-refractivity contribution >= 4 is 30.3 Å². The normalized spacial score (nSPS) is 12.7. The lowest BCUT2D eigenvalue weighted by molar-refractivity contribution is 0.150. The third-order valence-corrected chi connectivity index (χ3v) is 6.19. The molecule has 0 bridgehead atoms. The monoisotopic (exact) mass is 357 g/mol. The smallest absolute Gasteiger partial charge is 0.302 e. The van der Waals surface area contributed by atoms with Crippen LogP contribution in [0, 0.1) is 13.8 Å². The minimum Gasteiger partial charge on any atom is -0.302 e. The van der Waals surface area contributed by atoms with Crippen molar-refractivity contribution in [2.75, 3.05) is 6.26 Å². The summed E-state index contributed by atoms with van der Waals surface area (Å²) < 4.78 is 26.8. The highest BCUT2D eigenvalue weighted by atomic mass is 32.2. The second-order valence-electron chi connectivity index (χ2n) is 5.94. The summed E-state index contributed by atoms with van der Waals surface area (Å²) in [5.41, 5.74) is 2.30. The number of hydrogen-bond acceptors (Lipinski definition) is 6. The number of thioether (sulfide) groups is 1. The Morgan fingerprint density at radius 1 is 1.17 bits per heavy atom. The van der Waals surface area contributed by atoms with Gasteiger partial charge in [0.15, 0.2) is 5.65 Å². The molecule has 0 N–H and O–H groups in total. The lowest BCUT2D eigenvalue weighted by atomic mass is 10.3. The summed E-state index contributed by atoms with van der Waals surface area (Å²) in [7, 11) is -3.54. The second-order valence-corrected chi connectivity index (χ2v) is 8.60.